The van der Waals surface area contributed by atoms with Crippen molar-refractivity contribution < 1.29 is 4.79 Å². The van der Waals surface area contributed by atoms with Crippen LogP contribution in [0.2, 0.25) is 10.0 Å². The van der Waals surface area contributed by atoms with Crippen molar-refractivity contribution in [2.75, 3.05) is 12.3 Å². The number of nitrogens with one attached hydrogen (secondary N) is 1. The number of carbonyl (C=O) groups is 1. The number of fused-ring (bicyclic) bond motifs is 1. The largest absolute Gasteiger partial charge is 0.366 e. The SMILES string of the molecule is Cc1cc(Cl)c(-c2ccn3nc(N)nc3c2)cc1C(=O)NCCCc1ccc(Cl)cc1. The zero-order valence-electron chi connectivity index (χ0n) is 16.9. The lowest BCUT2D eigenvalue weighted by Crippen LogP contribution is -2.25. The Balaban J connectivity index is 1.48. The van der Waals surface area contributed by atoms with Crippen LogP contribution in [0.3, 0.4) is 0 Å². The number of nitrogens with zero attached hydrogens (tertiary/aromatic N) is 3. The number of aromatic nitrogens is 3. The lowest BCUT2D eigenvalue weighted by molar-refractivity contribution is 0.0952. The fourth-order valence-corrected chi connectivity index (χ4v) is 3.90. The smallest absolute Gasteiger partial charge is 0.251 e. The monoisotopic (exact) mass is 453 g/mol. The quantitative estimate of drug-likeness (QED) is 0.404. The molecule has 0 radical (unpaired) electrons. The first-order chi connectivity index (χ1) is 14.9. The van der Waals surface area contributed by atoms with E-state index in [1.54, 1.807) is 10.7 Å². The van der Waals surface area contributed by atoms with Gasteiger partial charge in [0, 0.05) is 33.9 Å². The van der Waals surface area contributed by atoms with E-state index in [9.17, 15) is 4.79 Å². The highest BCUT2D eigenvalue weighted by atomic mass is 35.5. The molecule has 158 valence electrons. The van der Waals surface area contributed by atoms with E-state index in [2.05, 4.69) is 15.4 Å². The van der Waals surface area contributed by atoms with Crippen molar-refractivity contribution in [1.82, 2.24) is 19.9 Å². The predicted molar refractivity (Wildman–Crippen MR) is 125 cm³/mol. The summed E-state index contributed by atoms with van der Waals surface area (Å²) in [6, 6.07) is 15.1. The minimum absolute atomic E-state index is 0.126. The average molecular weight is 454 g/mol. The maximum atomic E-state index is 12.8. The predicted octanol–water partition coefficient (Wildman–Crippen LogP) is 4.96. The molecule has 2 heterocycles. The zero-order chi connectivity index (χ0) is 22.0. The van der Waals surface area contributed by atoms with Crippen LogP contribution < -0.4 is 11.1 Å². The molecule has 0 atom stereocenters. The second-order valence-electron chi connectivity index (χ2n) is 7.32. The number of nitrogen functional groups attached to an aromatic ring is 1. The van der Waals surface area contributed by atoms with Crippen molar-refractivity contribution in [2.24, 2.45) is 0 Å². The van der Waals surface area contributed by atoms with E-state index in [4.69, 9.17) is 28.9 Å². The molecule has 0 aliphatic heterocycles. The lowest BCUT2D eigenvalue weighted by Gasteiger charge is -2.12. The van der Waals surface area contributed by atoms with Gasteiger partial charge in [0.1, 0.15) is 0 Å². The molecular weight excluding hydrogens is 433 g/mol. The number of aryl methyl sites for hydroxylation is 2. The van der Waals surface area contributed by atoms with Gasteiger partial charge in [-0.3, -0.25) is 4.79 Å². The molecule has 0 unspecified atom stereocenters. The van der Waals surface area contributed by atoms with E-state index in [1.165, 1.54) is 5.56 Å². The summed E-state index contributed by atoms with van der Waals surface area (Å²) >= 11 is 12.4. The second kappa shape index (κ2) is 8.96. The number of anilines is 1. The summed E-state index contributed by atoms with van der Waals surface area (Å²) in [5.74, 6) is 0.0742. The number of hydrogen-bond acceptors (Lipinski definition) is 4. The molecule has 0 saturated carbocycles. The van der Waals surface area contributed by atoms with Crippen LogP contribution in [0.15, 0.2) is 54.7 Å². The molecule has 0 aliphatic rings. The lowest BCUT2D eigenvalue weighted by atomic mass is 9.99. The molecule has 6 nitrogen and oxygen atoms in total. The Bertz CT molecular complexity index is 1250. The summed E-state index contributed by atoms with van der Waals surface area (Å²) in [5.41, 5.74) is 10.5. The molecule has 2 aromatic heterocycles. The van der Waals surface area contributed by atoms with Crippen LogP contribution in [-0.2, 0) is 6.42 Å². The maximum Gasteiger partial charge on any atom is 0.251 e. The maximum absolute atomic E-state index is 12.8. The highest BCUT2D eigenvalue weighted by Gasteiger charge is 2.14. The Morgan fingerprint density at radius 3 is 2.68 bits per heavy atom. The highest BCUT2D eigenvalue weighted by Crippen LogP contribution is 2.31. The third-order valence-electron chi connectivity index (χ3n) is 5.06. The van der Waals surface area contributed by atoms with Gasteiger partial charge in [-0.25, -0.2) is 4.52 Å². The van der Waals surface area contributed by atoms with Gasteiger partial charge in [-0.1, -0.05) is 35.3 Å². The van der Waals surface area contributed by atoms with E-state index >= 15 is 0 Å². The van der Waals surface area contributed by atoms with Crippen LogP contribution in [0.5, 0.6) is 0 Å². The normalized spacial score (nSPS) is 11.1. The number of pyridine rings is 1. The third-order valence-corrected chi connectivity index (χ3v) is 5.63. The molecule has 3 N–H and O–H groups in total. The summed E-state index contributed by atoms with van der Waals surface area (Å²) < 4.78 is 1.59. The van der Waals surface area contributed by atoms with Crippen molar-refractivity contribution in [3.05, 3.63) is 81.5 Å². The minimum atomic E-state index is -0.126. The Hall–Kier alpha value is -3.09. The van der Waals surface area contributed by atoms with Crippen LogP contribution in [0, 0.1) is 6.92 Å². The molecule has 4 rings (SSSR count). The van der Waals surface area contributed by atoms with Crippen LogP contribution >= 0.6 is 23.2 Å². The van der Waals surface area contributed by atoms with Gasteiger partial charge in [0.05, 0.1) is 0 Å². The summed E-state index contributed by atoms with van der Waals surface area (Å²) in [6.07, 6.45) is 3.46. The van der Waals surface area contributed by atoms with Crippen molar-refractivity contribution >= 4 is 40.7 Å². The first-order valence-electron chi connectivity index (χ1n) is 9.86. The second-order valence-corrected chi connectivity index (χ2v) is 8.16. The number of rotatable bonds is 6. The molecule has 0 aliphatic carbocycles. The Morgan fingerprint density at radius 1 is 1.13 bits per heavy atom. The van der Waals surface area contributed by atoms with Crippen molar-refractivity contribution in [3.63, 3.8) is 0 Å². The topological polar surface area (TPSA) is 85.3 Å². The van der Waals surface area contributed by atoms with Crippen LogP contribution in [0.25, 0.3) is 16.8 Å². The molecule has 0 fully saturated rings. The fraction of sp³-hybridized carbons (Fsp3) is 0.174. The summed E-state index contributed by atoms with van der Waals surface area (Å²) in [5, 5.41) is 8.36. The van der Waals surface area contributed by atoms with E-state index in [1.807, 2.05) is 55.5 Å². The highest BCUT2D eigenvalue weighted by molar-refractivity contribution is 6.33. The molecule has 31 heavy (non-hydrogen) atoms. The van der Waals surface area contributed by atoms with Gasteiger partial charge < -0.3 is 11.1 Å². The first-order valence-corrected chi connectivity index (χ1v) is 10.6. The summed E-state index contributed by atoms with van der Waals surface area (Å²) in [7, 11) is 0. The van der Waals surface area contributed by atoms with Gasteiger partial charge in [-0.2, -0.15) is 4.98 Å². The van der Waals surface area contributed by atoms with Gasteiger partial charge in [0.25, 0.3) is 5.91 Å². The first kappa shape index (κ1) is 21.2. The van der Waals surface area contributed by atoms with Gasteiger partial charge in [-0.05, 0) is 72.9 Å². The molecule has 0 bridgehead atoms. The van der Waals surface area contributed by atoms with Crippen LogP contribution in [0.1, 0.15) is 27.9 Å². The number of benzene rings is 2. The molecule has 4 aromatic rings. The Morgan fingerprint density at radius 2 is 1.90 bits per heavy atom. The molecule has 2 aromatic carbocycles. The minimum Gasteiger partial charge on any atom is -0.366 e. The number of hydrogen-bond donors (Lipinski definition) is 2. The fourth-order valence-electron chi connectivity index (χ4n) is 3.45. The number of nitrogens with two attached hydrogens (primary N) is 1. The van der Waals surface area contributed by atoms with Crippen LogP contribution in [0.4, 0.5) is 5.95 Å². The van der Waals surface area contributed by atoms with E-state index in [0.29, 0.717) is 22.8 Å². The standard InChI is InChI=1S/C23H21Cl2N5O/c1-14-11-20(25)19(16-8-10-30-21(12-16)28-23(26)29-30)13-18(14)22(31)27-9-2-3-15-4-6-17(24)7-5-15/h4-8,10-13H,2-3,9H2,1H3,(H2,26,29)(H,27,31). The van der Waals surface area contributed by atoms with E-state index < -0.39 is 0 Å². The number of amides is 1. The van der Waals surface area contributed by atoms with Gasteiger partial charge in [0.2, 0.25) is 5.95 Å². The number of halogens is 2. The van der Waals surface area contributed by atoms with E-state index in [-0.39, 0.29) is 11.9 Å². The van der Waals surface area contributed by atoms with Crippen molar-refractivity contribution in [1.29, 1.82) is 0 Å². The van der Waals surface area contributed by atoms with Crippen LogP contribution in [-0.4, -0.2) is 27.0 Å². The average Bonchev–Trinajstić information content (AvgIpc) is 3.11. The molecule has 1 amide bonds. The van der Waals surface area contributed by atoms with Gasteiger partial charge >= 0.3 is 0 Å². The summed E-state index contributed by atoms with van der Waals surface area (Å²) in [6.45, 7) is 2.45. The van der Waals surface area contributed by atoms with E-state index in [0.717, 1.165) is 34.6 Å². The van der Waals surface area contributed by atoms with Gasteiger partial charge in [-0.15, -0.1) is 5.10 Å². The Labute approximate surface area is 190 Å². The Kier molecular flexibility index (Phi) is 6.11. The zero-order valence-corrected chi connectivity index (χ0v) is 18.4. The van der Waals surface area contributed by atoms with Crippen molar-refractivity contribution in [3.8, 4) is 11.1 Å². The number of carbonyl (C=O) groups excluding carboxylic acids is 1. The molecule has 0 spiro atoms. The van der Waals surface area contributed by atoms with Gasteiger partial charge in [0.15, 0.2) is 5.65 Å². The third kappa shape index (κ3) is 4.81. The molecular formula is C23H21Cl2N5O. The summed E-state index contributed by atoms with van der Waals surface area (Å²) in [4.78, 5) is 17.0. The molecule has 0 saturated heterocycles. The molecule has 8 heteroatoms. The van der Waals surface area contributed by atoms with Crippen molar-refractivity contribution in [2.45, 2.75) is 19.8 Å².